The summed E-state index contributed by atoms with van der Waals surface area (Å²) < 4.78 is 22.0. The predicted molar refractivity (Wildman–Crippen MR) is 138 cm³/mol. The molecule has 9 nitrogen and oxygen atoms in total. The van der Waals surface area contributed by atoms with Crippen molar-refractivity contribution in [2.75, 3.05) is 36.5 Å². The van der Waals surface area contributed by atoms with Crippen molar-refractivity contribution < 1.29 is 9.13 Å². The molecule has 0 atom stereocenters. The lowest BCUT2D eigenvalue weighted by Gasteiger charge is -2.44. The Balaban J connectivity index is 1.23. The van der Waals surface area contributed by atoms with Gasteiger partial charge in [-0.1, -0.05) is 11.6 Å². The number of anilines is 3. The van der Waals surface area contributed by atoms with E-state index in [9.17, 15) is 4.39 Å². The topological polar surface area (TPSA) is 105 Å². The van der Waals surface area contributed by atoms with Crippen molar-refractivity contribution in [3.63, 3.8) is 0 Å². The Morgan fingerprint density at radius 3 is 2.65 bits per heavy atom. The van der Waals surface area contributed by atoms with E-state index in [1.807, 2.05) is 12.1 Å². The number of piperidine rings is 1. The molecule has 6 rings (SSSR count). The van der Waals surface area contributed by atoms with E-state index in [4.69, 9.17) is 21.6 Å². The summed E-state index contributed by atoms with van der Waals surface area (Å²) in [5.41, 5.74) is 1.13. The molecule has 188 valence electrons. The maximum Gasteiger partial charge on any atom is 0.151 e. The molecule has 4 aromatic rings. The minimum atomic E-state index is -0.635. The van der Waals surface area contributed by atoms with Gasteiger partial charge in [-0.3, -0.25) is 0 Å². The van der Waals surface area contributed by atoms with Gasteiger partial charge in [0.25, 0.3) is 0 Å². The summed E-state index contributed by atoms with van der Waals surface area (Å²) in [6.45, 7) is 3.60. The van der Waals surface area contributed by atoms with Crippen molar-refractivity contribution in [1.82, 2.24) is 24.7 Å². The molecule has 1 aromatic carbocycles. The van der Waals surface area contributed by atoms with Crippen molar-refractivity contribution in [3.8, 4) is 11.8 Å². The number of halogens is 2. The van der Waals surface area contributed by atoms with Gasteiger partial charge in [-0.25, -0.2) is 24.0 Å². The van der Waals surface area contributed by atoms with Crippen LogP contribution < -0.4 is 10.2 Å². The van der Waals surface area contributed by atoms with Crippen molar-refractivity contribution in [3.05, 3.63) is 59.4 Å². The van der Waals surface area contributed by atoms with Crippen LogP contribution in [-0.2, 0) is 4.74 Å². The fraction of sp³-hybridized carbons (Fsp3) is 0.346. The monoisotopic (exact) mass is 518 g/mol. The number of hydrogen-bond donors (Lipinski definition) is 1. The Bertz CT molecular complexity index is 1480. The zero-order valence-corrected chi connectivity index (χ0v) is 20.7. The van der Waals surface area contributed by atoms with Gasteiger partial charge in [0, 0.05) is 43.4 Å². The summed E-state index contributed by atoms with van der Waals surface area (Å²) in [7, 11) is 0. The van der Waals surface area contributed by atoms with Crippen molar-refractivity contribution in [2.24, 2.45) is 5.41 Å². The van der Waals surface area contributed by atoms with Crippen LogP contribution in [0.5, 0.6) is 0 Å². The molecule has 3 aromatic heterocycles. The van der Waals surface area contributed by atoms with Crippen LogP contribution in [0.1, 0.15) is 31.2 Å². The van der Waals surface area contributed by atoms with Crippen molar-refractivity contribution >= 4 is 40.0 Å². The molecule has 1 N–H and O–H groups in total. The number of benzene rings is 1. The first-order chi connectivity index (χ1) is 18.0. The summed E-state index contributed by atoms with van der Waals surface area (Å²) in [6.07, 6.45) is 9.34. The average molecular weight is 519 g/mol. The molecule has 11 heteroatoms. The standard InChI is InChI=1S/C26H24ClFN8O/c27-19-8-17(12-29)9-20(28)25(19)36-21-10-22(30-13-18(21)14-33-36)34-23-11-24(32-16-31-23)35-5-3-26(4-6-35)2-1-7-37-15-26/h8-11,13-14,16H,1-7,15H2,(H,30,31,32,34). The second-order valence-corrected chi connectivity index (χ2v) is 10.0. The molecule has 0 radical (unpaired) electrons. The van der Waals surface area contributed by atoms with Crippen molar-refractivity contribution in [2.45, 2.75) is 25.7 Å². The third kappa shape index (κ3) is 4.56. The van der Waals surface area contributed by atoms with Gasteiger partial charge in [0.1, 0.15) is 29.5 Å². The maximum atomic E-state index is 14.8. The summed E-state index contributed by atoms with van der Waals surface area (Å²) in [5, 5.41) is 17.4. The minimum Gasteiger partial charge on any atom is -0.381 e. The number of aromatic nitrogens is 5. The molecule has 2 saturated heterocycles. The quantitative estimate of drug-likeness (QED) is 0.402. The first-order valence-electron chi connectivity index (χ1n) is 12.2. The molecule has 0 saturated carbocycles. The Labute approximate surface area is 217 Å². The van der Waals surface area contributed by atoms with Crippen LogP contribution in [0.25, 0.3) is 16.6 Å². The van der Waals surface area contributed by atoms with E-state index in [1.54, 1.807) is 24.8 Å². The zero-order valence-electron chi connectivity index (χ0n) is 20.0. The predicted octanol–water partition coefficient (Wildman–Crippen LogP) is 5.02. The molecule has 0 amide bonds. The van der Waals surface area contributed by atoms with Crippen LogP contribution in [0.15, 0.2) is 43.0 Å². The van der Waals surface area contributed by atoms with Crippen LogP contribution in [0.3, 0.4) is 0 Å². The van der Waals surface area contributed by atoms with E-state index in [0.29, 0.717) is 28.0 Å². The Morgan fingerprint density at radius 1 is 1.05 bits per heavy atom. The number of fused-ring (bicyclic) bond motifs is 1. The lowest BCUT2D eigenvalue weighted by molar-refractivity contribution is -0.0210. The Morgan fingerprint density at radius 2 is 1.89 bits per heavy atom. The van der Waals surface area contributed by atoms with Gasteiger partial charge >= 0.3 is 0 Å². The normalized spacial score (nSPS) is 17.2. The third-order valence-electron chi connectivity index (χ3n) is 7.27. The smallest absolute Gasteiger partial charge is 0.151 e. The Hall–Kier alpha value is -3.81. The lowest BCUT2D eigenvalue weighted by Crippen LogP contribution is -2.44. The second kappa shape index (κ2) is 9.57. The highest BCUT2D eigenvalue weighted by Gasteiger charge is 2.36. The number of hydrogen-bond acceptors (Lipinski definition) is 8. The van der Waals surface area contributed by atoms with E-state index in [0.717, 1.165) is 57.4 Å². The van der Waals surface area contributed by atoms with Crippen LogP contribution in [0.2, 0.25) is 5.02 Å². The van der Waals surface area contributed by atoms with Gasteiger partial charge in [0.15, 0.2) is 5.82 Å². The molecule has 1 spiro atoms. The molecule has 2 fully saturated rings. The van der Waals surface area contributed by atoms with E-state index >= 15 is 0 Å². The van der Waals surface area contributed by atoms with Crippen LogP contribution in [-0.4, -0.2) is 51.0 Å². The van der Waals surface area contributed by atoms with Gasteiger partial charge in [-0.15, -0.1) is 0 Å². The summed E-state index contributed by atoms with van der Waals surface area (Å²) >= 11 is 6.30. The lowest BCUT2D eigenvalue weighted by atomic mass is 9.74. The number of rotatable bonds is 4. The average Bonchev–Trinajstić information content (AvgIpc) is 3.32. The van der Waals surface area contributed by atoms with E-state index in [2.05, 4.69) is 30.3 Å². The highest BCUT2D eigenvalue weighted by atomic mass is 35.5. The number of ether oxygens (including phenoxy) is 1. The van der Waals surface area contributed by atoms with Crippen molar-refractivity contribution in [1.29, 1.82) is 5.26 Å². The van der Waals surface area contributed by atoms with Gasteiger partial charge < -0.3 is 15.0 Å². The van der Waals surface area contributed by atoms with Gasteiger partial charge in [-0.05, 0) is 43.2 Å². The highest BCUT2D eigenvalue weighted by Crippen LogP contribution is 2.40. The molecule has 5 heterocycles. The van der Waals surface area contributed by atoms with Gasteiger partial charge in [-0.2, -0.15) is 10.4 Å². The molecule has 2 aliphatic rings. The molecule has 0 bridgehead atoms. The van der Waals surface area contributed by atoms with Crippen LogP contribution in [0.4, 0.5) is 21.8 Å². The second-order valence-electron chi connectivity index (χ2n) is 9.61. The van der Waals surface area contributed by atoms with Gasteiger partial charge in [0.2, 0.25) is 0 Å². The third-order valence-corrected chi connectivity index (χ3v) is 7.56. The zero-order chi connectivity index (χ0) is 25.4. The maximum absolute atomic E-state index is 14.8. The van der Waals surface area contributed by atoms with Crippen LogP contribution >= 0.6 is 11.6 Å². The molecular weight excluding hydrogens is 495 g/mol. The van der Waals surface area contributed by atoms with Gasteiger partial charge in [0.05, 0.1) is 35.0 Å². The number of nitrogens with zero attached hydrogens (tertiary/aromatic N) is 7. The largest absolute Gasteiger partial charge is 0.381 e. The fourth-order valence-corrected chi connectivity index (χ4v) is 5.52. The molecule has 0 unspecified atom stereocenters. The number of nitrogens with one attached hydrogen (secondary N) is 1. The molecule has 2 aliphatic heterocycles. The first kappa shape index (κ1) is 23.6. The van der Waals surface area contributed by atoms with E-state index < -0.39 is 5.82 Å². The number of pyridine rings is 1. The first-order valence-corrected chi connectivity index (χ1v) is 12.6. The molecule has 37 heavy (non-hydrogen) atoms. The summed E-state index contributed by atoms with van der Waals surface area (Å²) in [5.74, 6) is 1.35. The molecular formula is C26H24ClFN8O. The highest BCUT2D eigenvalue weighted by molar-refractivity contribution is 6.32. The molecule has 0 aliphatic carbocycles. The summed E-state index contributed by atoms with van der Waals surface area (Å²) in [4.78, 5) is 15.6. The number of nitriles is 1. The van der Waals surface area contributed by atoms with E-state index in [1.165, 1.54) is 17.2 Å². The van der Waals surface area contributed by atoms with E-state index in [-0.39, 0.29) is 16.3 Å². The minimum absolute atomic E-state index is 0.0726. The fourth-order valence-electron chi connectivity index (χ4n) is 5.23. The SMILES string of the molecule is N#Cc1cc(F)c(-n2ncc3cnc(Nc4cc(N5CCC6(CCCOC6)CC5)ncn4)cc32)c(Cl)c1. The van der Waals surface area contributed by atoms with Crippen LogP contribution in [0, 0.1) is 22.6 Å². The summed E-state index contributed by atoms with van der Waals surface area (Å²) in [6, 6.07) is 8.13. The Kier molecular flexibility index (Phi) is 6.10.